The van der Waals surface area contributed by atoms with E-state index in [1.54, 1.807) is 18.2 Å². The Bertz CT molecular complexity index is 517. The van der Waals surface area contributed by atoms with Crippen LogP contribution in [0.25, 0.3) is 0 Å². The number of nitrogens with two attached hydrogens (primary N) is 1. The number of likely N-dealkylation sites (N-methyl/N-ethyl adjacent to an activating group) is 1. The molecule has 130 valence electrons. The van der Waals surface area contributed by atoms with E-state index >= 15 is 0 Å². The lowest BCUT2D eigenvalue weighted by molar-refractivity contribution is 0.0476. The Hall–Kier alpha value is -1.66. The largest absolute Gasteiger partial charge is 0.444 e. The number of rotatable bonds is 6. The van der Waals surface area contributed by atoms with Crippen LogP contribution in [0, 0.1) is 5.82 Å². The second-order valence-corrected chi connectivity index (χ2v) is 6.74. The summed E-state index contributed by atoms with van der Waals surface area (Å²) in [5.74, 6) is -0.247. The minimum absolute atomic E-state index is 0.137. The summed E-state index contributed by atoms with van der Waals surface area (Å²) in [5, 5.41) is 2.79. The minimum atomic E-state index is -0.554. The zero-order valence-corrected chi connectivity index (χ0v) is 14.6. The van der Waals surface area contributed by atoms with Gasteiger partial charge in [-0.15, -0.1) is 0 Å². The minimum Gasteiger partial charge on any atom is -0.444 e. The molecule has 0 aromatic heterocycles. The van der Waals surface area contributed by atoms with Crippen LogP contribution in [0.5, 0.6) is 0 Å². The van der Waals surface area contributed by atoms with Crippen LogP contribution in [0.15, 0.2) is 24.3 Å². The van der Waals surface area contributed by atoms with Crippen LogP contribution in [0.2, 0.25) is 0 Å². The first-order valence-corrected chi connectivity index (χ1v) is 7.77. The molecule has 1 rings (SSSR count). The third-order valence-electron chi connectivity index (χ3n) is 3.51. The number of alkyl carbamates (subject to hydrolysis) is 1. The van der Waals surface area contributed by atoms with Crippen molar-refractivity contribution in [1.29, 1.82) is 0 Å². The molecule has 1 amide bonds. The number of carbonyl (C=O) groups excluding carboxylic acids is 1. The van der Waals surface area contributed by atoms with Crippen molar-refractivity contribution in [2.24, 2.45) is 5.73 Å². The zero-order valence-electron chi connectivity index (χ0n) is 14.6. The summed E-state index contributed by atoms with van der Waals surface area (Å²) in [7, 11) is 1.86. The first kappa shape index (κ1) is 19.4. The number of hydrogen-bond donors (Lipinski definition) is 2. The molecule has 0 spiro atoms. The first-order chi connectivity index (χ1) is 10.6. The molecular formula is C17H28FN3O2. The monoisotopic (exact) mass is 325 g/mol. The highest BCUT2D eigenvalue weighted by atomic mass is 19.1. The fourth-order valence-corrected chi connectivity index (χ4v) is 2.37. The second kappa shape index (κ2) is 8.26. The number of nitrogens with one attached hydrogen (secondary N) is 1. The van der Waals surface area contributed by atoms with Crippen molar-refractivity contribution in [2.45, 2.75) is 51.9 Å². The molecule has 1 aromatic rings. The Morgan fingerprint density at radius 1 is 1.39 bits per heavy atom. The molecule has 0 aliphatic carbocycles. The van der Waals surface area contributed by atoms with E-state index in [0.29, 0.717) is 18.7 Å². The van der Waals surface area contributed by atoms with Gasteiger partial charge < -0.3 is 15.8 Å². The van der Waals surface area contributed by atoms with Crippen molar-refractivity contribution in [2.75, 3.05) is 13.6 Å². The number of hydrogen-bond acceptors (Lipinski definition) is 4. The van der Waals surface area contributed by atoms with Crippen LogP contribution in [-0.2, 0) is 11.3 Å². The van der Waals surface area contributed by atoms with Crippen molar-refractivity contribution in [3.63, 3.8) is 0 Å². The molecular weight excluding hydrogens is 297 g/mol. The lowest BCUT2D eigenvalue weighted by atomic mass is 10.1. The summed E-state index contributed by atoms with van der Waals surface area (Å²) in [4.78, 5) is 13.8. The summed E-state index contributed by atoms with van der Waals surface area (Å²) < 4.78 is 19.0. The first-order valence-electron chi connectivity index (χ1n) is 7.77. The second-order valence-electron chi connectivity index (χ2n) is 6.74. The van der Waals surface area contributed by atoms with Crippen LogP contribution in [0.3, 0.4) is 0 Å². The number of nitrogens with zero attached hydrogens (tertiary/aromatic N) is 1. The predicted molar refractivity (Wildman–Crippen MR) is 89.5 cm³/mol. The third kappa shape index (κ3) is 6.54. The Morgan fingerprint density at radius 3 is 2.52 bits per heavy atom. The predicted octanol–water partition coefficient (Wildman–Crippen LogP) is 2.50. The molecule has 6 heteroatoms. The summed E-state index contributed by atoms with van der Waals surface area (Å²) in [6.07, 6.45) is -0.484. The molecule has 0 aliphatic heterocycles. The molecule has 0 saturated carbocycles. The topological polar surface area (TPSA) is 67.6 Å². The summed E-state index contributed by atoms with van der Waals surface area (Å²) in [6, 6.07) is 6.26. The van der Waals surface area contributed by atoms with E-state index in [4.69, 9.17) is 10.5 Å². The van der Waals surface area contributed by atoms with Crippen LogP contribution >= 0.6 is 0 Å². The lowest BCUT2D eigenvalue weighted by Crippen LogP contribution is -2.53. The highest BCUT2D eigenvalue weighted by molar-refractivity contribution is 5.68. The average Bonchev–Trinajstić information content (AvgIpc) is 2.39. The summed E-state index contributed by atoms with van der Waals surface area (Å²) in [6.45, 7) is 8.03. The molecule has 0 saturated heterocycles. The molecule has 3 N–H and O–H groups in total. The molecule has 0 bridgehead atoms. The number of benzene rings is 1. The van der Waals surface area contributed by atoms with Gasteiger partial charge in [0.25, 0.3) is 0 Å². The Labute approximate surface area is 138 Å². The van der Waals surface area contributed by atoms with Gasteiger partial charge in [-0.3, -0.25) is 4.90 Å². The maximum Gasteiger partial charge on any atom is 0.407 e. The maximum absolute atomic E-state index is 13.8. The molecule has 0 radical (unpaired) electrons. The van der Waals surface area contributed by atoms with E-state index in [1.165, 1.54) is 6.07 Å². The van der Waals surface area contributed by atoms with Crippen molar-refractivity contribution in [3.8, 4) is 0 Å². The van der Waals surface area contributed by atoms with Crippen LogP contribution in [-0.4, -0.2) is 42.3 Å². The van der Waals surface area contributed by atoms with Gasteiger partial charge in [-0.1, -0.05) is 18.2 Å². The quantitative estimate of drug-likeness (QED) is 0.843. The van der Waals surface area contributed by atoms with Gasteiger partial charge in [0, 0.05) is 30.7 Å². The van der Waals surface area contributed by atoms with Crippen LogP contribution in [0.4, 0.5) is 9.18 Å². The Balaban J connectivity index is 2.67. The van der Waals surface area contributed by atoms with Gasteiger partial charge in [0.2, 0.25) is 0 Å². The van der Waals surface area contributed by atoms with E-state index < -0.39 is 11.7 Å². The van der Waals surface area contributed by atoms with E-state index in [0.717, 1.165) is 0 Å². The zero-order chi connectivity index (χ0) is 17.6. The molecule has 1 aromatic carbocycles. The fraction of sp³-hybridized carbons (Fsp3) is 0.588. The molecule has 0 heterocycles. The number of amides is 1. The molecule has 23 heavy (non-hydrogen) atoms. The lowest BCUT2D eigenvalue weighted by Gasteiger charge is -2.33. The molecule has 0 aliphatic rings. The van der Waals surface area contributed by atoms with E-state index in [2.05, 4.69) is 5.32 Å². The Morgan fingerprint density at radius 2 is 2.00 bits per heavy atom. The van der Waals surface area contributed by atoms with Gasteiger partial charge in [-0.25, -0.2) is 9.18 Å². The van der Waals surface area contributed by atoms with Crippen molar-refractivity contribution in [3.05, 3.63) is 35.6 Å². The standard InChI is InChI=1S/C17H28FN3O2/c1-12(20-16(22)23-17(2,3)4)15(10-19)21(5)11-13-8-6-7-9-14(13)18/h6-9,12,15H,10-11,19H2,1-5H3,(H,20,22). The van der Waals surface area contributed by atoms with Gasteiger partial charge in [0.1, 0.15) is 11.4 Å². The van der Waals surface area contributed by atoms with Crippen LogP contribution < -0.4 is 11.1 Å². The molecule has 2 atom stereocenters. The average molecular weight is 325 g/mol. The molecule has 0 fully saturated rings. The smallest absolute Gasteiger partial charge is 0.407 e. The fourth-order valence-electron chi connectivity index (χ4n) is 2.37. The van der Waals surface area contributed by atoms with Crippen molar-refractivity contribution in [1.82, 2.24) is 10.2 Å². The summed E-state index contributed by atoms with van der Waals surface area (Å²) >= 11 is 0. The van der Waals surface area contributed by atoms with Crippen molar-refractivity contribution >= 4 is 6.09 Å². The third-order valence-corrected chi connectivity index (χ3v) is 3.51. The highest BCUT2D eigenvalue weighted by Crippen LogP contribution is 2.13. The number of ether oxygens (including phenoxy) is 1. The number of halogens is 1. The van der Waals surface area contributed by atoms with Gasteiger partial charge in [0.15, 0.2) is 0 Å². The Kier molecular flexibility index (Phi) is 6.97. The van der Waals surface area contributed by atoms with Gasteiger partial charge >= 0.3 is 6.09 Å². The maximum atomic E-state index is 13.8. The normalized spacial score (nSPS) is 14.4. The molecule has 5 nitrogen and oxygen atoms in total. The number of carbonyl (C=O) groups is 1. The SMILES string of the molecule is CC(NC(=O)OC(C)(C)C)C(CN)N(C)Cc1ccccc1F. The van der Waals surface area contributed by atoms with Gasteiger partial charge in [-0.2, -0.15) is 0 Å². The van der Waals surface area contributed by atoms with Crippen LogP contribution in [0.1, 0.15) is 33.3 Å². The van der Waals surface area contributed by atoms with E-state index in [-0.39, 0.29) is 17.9 Å². The highest BCUT2D eigenvalue weighted by Gasteiger charge is 2.25. The summed E-state index contributed by atoms with van der Waals surface area (Å²) in [5.41, 5.74) is 5.88. The van der Waals surface area contributed by atoms with Gasteiger partial charge in [0.05, 0.1) is 0 Å². The molecule has 2 unspecified atom stereocenters. The van der Waals surface area contributed by atoms with E-state index in [1.807, 2.05) is 39.6 Å². The van der Waals surface area contributed by atoms with E-state index in [9.17, 15) is 9.18 Å². The van der Waals surface area contributed by atoms with Gasteiger partial charge in [-0.05, 0) is 40.8 Å². The van der Waals surface area contributed by atoms with Crippen molar-refractivity contribution < 1.29 is 13.9 Å².